The van der Waals surface area contributed by atoms with Crippen LogP contribution in [0.5, 0.6) is 23.3 Å². The van der Waals surface area contributed by atoms with Crippen molar-refractivity contribution in [1.82, 2.24) is 14.5 Å². The number of piperidine rings is 1. The van der Waals surface area contributed by atoms with Crippen LogP contribution in [0.2, 0.25) is 0 Å². The second-order valence-electron chi connectivity index (χ2n) is 9.62. The molecule has 0 bridgehead atoms. The van der Waals surface area contributed by atoms with Gasteiger partial charge in [0, 0.05) is 49.9 Å². The highest BCUT2D eigenvalue weighted by Gasteiger charge is 2.31. The van der Waals surface area contributed by atoms with Crippen molar-refractivity contribution in [2.24, 2.45) is 0 Å². The lowest BCUT2D eigenvalue weighted by Crippen LogP contribution is -2.38. The van der Waals surface area contributed by atoms with Gasteiger partial charge in [-0.3, -0.25) is 4.57 Å². The maximum Gasteiger partial charge on any atom is 0.573 e. The third-order valence-electron chi connectivity index (χ3n) is 6.73. The summed E-state index contributed by atoms with van der Waals surface area (Å²) in [7, 11) is 0. The third-order valence-corrected chi connectivity index (χ3v) is 6.73. The van der Waals surface area contributed by atoms with Gasteiger partial charge >= 0.3 is 18.2 Å². The van der Waals surface area contributed by atoms with Gasteiger partial charge in [-0.1, -0.05) is 0 Å². The topological polar surface area (TPSA) is 127 Å². The third kappa shape index (κ3) is 6.23. The molecule has 2 aliphatic rings. The van der Waals surface area contributed by atoms with Gasteiger partial charge in [0.25, 0.3) is 6.01 Å². The minimum atomic E-state index is -4.74. The van der Waals surface area contributed by atoms with E-state index in [1.54, 1.807) is 22.8 Å². The molecule has 0 aliphatic carbocycles. The van der Waals surface area contributed by atoms with Gasteiger partial charge in [0.1, 0.15) is 47.8 Å². The Bertz CT molecular complexity index is 1530. The van der Waals surface area contributed by atoms with Crippen LogP contribution in [0, 0.1) is 10.1 Å². The van der Waals surface area contributed by atoms with Crippen molar-refractivity contribution < 1.29 is 41.5 Å². The lowest BCUT2D eigenvalue weighted by Gasteiger charge is -2.31. The Morgan fingerprint density at radius 3 is 2.46 bits per heavy atom. The monoisotopic (exact) mass is 575 g/mol. The molecule has 41 heavy (non-hydrogen) atoms. The van der Waals surface area contributed by atoms with Gasteiger partial charge in [-0.2, -0.15) is 4.98 Å². The van der Waals surface area contributed by atoms with Crippen LogP contribution in [0.25, 0.3) is 11.1 Å². The molecule has 1 fully saturated rings. The van der Waals surface area contributed by atoms with Crippen LogP contribution in [0.15, 0.2) is 53.1 Å². The summed E-state index contributed by atoms with van der Waals surface area (Å²) < 4.78 is 66.1. The normalized spacial score (nSPS) is 17.6. The molecule has 4 heterocycles. The first kappa shape index (κ1) is 26.5. The van der Waals surface area contributed by atoms with Crippen molar-refractivity contribution >= 4 is 22.9 Å². The number of fused-ring (bicyclic) bond motifs is 2. The first-order valence-corrected chi connectivity index (χ1v) is 12.9. The quantitative estimate of drug-likeness (QED) is 0.207. The van der Waals surface area contributed by atoms with Crippen LogP contribution in [0.3, 0.4) is 0 Å². The van der Waals surface area contributed by atoms with Gasteiger partial charge in [-0.15, -0.1) is 13.2 Å². The maximum absolute atomic E-state index is 12.3. The molecule has 2 aliphatic heterocycles. The number of ether oxygens (including phenoxy) is 4. The molecule has 1 saturated heterocycles. The van der Waals surface area contributed by atoms with Crippen molar-refractivity contribution in [2.75, 3.05) is 24.6 Å². The zero-order chi connectivity index (χ0) is 28.6. The number of hydrogen-bond donors (Lipinski definition) is 0. The van der Waals surface area contributed by atoms with E-state index in [-0.39, 0.29) is 36.4 Å². The van der Waals surface area contributed by atoms with Crippen LogP contribution < -0.4 is 23.8 Å². The zero-order valence-electron chi connectivity index (χ0n) is 21.5. The molecule has 0 N–H and O–H groups in total. The molecule has 2 aromatic carbocycles. The number of halogens is 3. The van der Waals surface area contributed by atoms with E-state index in [9.17, 15) is 23.3 Å². The van der Waals surface area contributed by atoms with Crippen LogP contribution in [0.1, 0.15) is 19.3 Å². The van der Waals surface area contributed by atoms with Crippen LogP contribution >= 0.6 is 0 Å². The van der Waals surface area contributed by atoms with Gasteiger partial charge in [-0.05, 0) is 41.3 Å². The Morgan fingerprint density at radius 1 is 1.00 bits per heavy atom. The molecule has 0 saturated carbocycles. The Balaban J connectivity index is 1.01. The van der Waals surface area contributed by atoms with E-state index >= 15 is 0 Å². The van der Waals surface area contributed by atoms with E-state index in [1.165, 1.54) is 30.5 Å². The first-order valence-electron chi connectivity index (χ1n) is 12.9. The van der Waals surface area contributed by atoms with Crippen molar-refractivity contribution in [1.29, 1.82) is 0 Å². The molecule has 0 radical (unpaired) electrons. The summed E-state index contributed by atoms with van der Waals surface area (Å²) in [6, 6.07) is 11.4. The Morgan fingerprint density at radius 2 is 1.73 bits per heavy atom. The number of nitrogens with zero attached hydrogens (tertiary/aromatic N) is 5. The summed E-state index contributed by atoms with van der Waals surface area (Å²) in [4.78, 5) is 20.9. The highest BCUT2D eigenvalue weighted by molar-refractivity contribution is 5.76. The number of aryl methyl sites for hydroxylation is 1. The molecule has 12 nitrogen and oxygen atoms in total. The Labute approximate surface area is 230 Å². The average molecular weight is 576 g/mol. The van der Waals surface area contributed by atoms with Crippen molar-refractivity contribution in [3.63, 3.8) is 0 Å². The molecule has 0 spiro atoms. The average Bonchev–Trinajstić information content (AvgIpc) is 3.56. The molecule has 2 aromatic heterocycles. The van der Waals surface area contributed by atoms with Crippen LogP contribution in [0.4, 0.5) is 25.0 Å². The SMILES string of the molecule is O=[N+]([O-])c1cn2c(n1)O[C@@H](COc1ccc3oc(N4CCC(Oc5ccc(OC(F)(F)F)cc5)CC4)nc3c1)CC2. The number of rotatable bonds is 8. The molecule has 6 rings (SSSR count). The molecular weight excluding hydrogens is 551 g/mol. The number of imidazole rings is 1. The number of hydrogen-bond acceptors (Lipinski definition) is 10. The van der Waals surface area contributed by atoms with Crippen molar-refractivity contribution in [3.05, 3.63) is 58.8 Å². The molecule has 0 unspecified atom stereocenters. The molecule has 4 aromatic rings. The fourth-order valence-electron chi connectivity index (χ4n) is 4.72. The van der Waals surface area contributed by atoms with E-state index in [0.717, 1.165) is 0 Å². The fourth-order valence-corrected chi connectivity index (χ4v) is 4.72. The van der Waals surface area contributed by atoms with Gasteiger partial charge < -0.3 is 38.4 Å². The minimum Gasteiger partial charge on any atom is -0.490 e. The standard InChI is InChI=1S/C26H24F3N5O7/c27-26(28,29)41-18-3-1-16(2-4-18)38-17-7-10-32(11-8-17)24-30-21-13-19(5-6-22(21)40-24)37-15-20-9-12-33-14-23(34(35)36)31-25(33)39-20/h1-6,13-14,17,20H,7-12,15H2/t20-/m1/s1. The second-order valence-corrected chi connectivity index (χ2v) is 9.62. The summed E-state index contributed by atoms with van der Waals surface area (Å²) in [5.41, 5.74) is 1.24. The Kier molecular flexibility index (Phi) is 6.93. The lowest BCUT2D eigenvalue weighted by atomic mass is 10.1. The van der Waals surface area contributed by atoms with E-state index < -0.39 is 11.3 Å². The minimum absolute atomic E-state index is 0.101. The van der Waals surface area contributed by atoms with E-state index in [4.69, 9.17) is 18.6 Å². The van der Waals surface area contributed by atoms with E-state index in [0.29, 0.717) is 67.5 Å². The highest BCUT2D eigenvalue weighted by Crippen LogP contribution is 2.30. The highest BCUT2D eigenvalue weighted by atomic mass is 19.4. The number of benzene rings is 2. The molecule has 15 heteroatoms. The van der Waals surface area contributed by atoms with Crippen LogP contribution in [-0.2, 0) is 6.54 Å². The van der Waals surface area contributed by atoms with Gasteiger partial charge in [-0.25, -0.2) is 0 Å². The van der Waals surface area contributed by atoms with Gasteiger partial charge in [0.05, 0.1) is 0 Å². The summed E-state index contributed by atoms with van der Waals surface area (Å²) in [5.74, 6) is 0.503. The second kappa shape index (κ2) is 10.7. The fraction of sp³-hybridized carbons (Fsp3) is 0.385. The smallest absolute Gasteiger partial charge is 0.490 e. The number of nitro groups is 1. The molecule has 1 atom stereocenters. The zero-order valence-corrected chi connectivity index (χ0v) is 21.5. The van der Waals surface area contributed by atoms with Crippen molar-refractivity contribution in [2.45, 2.75) is 44.4 Å². The van der Waals surface area contributed by atoms with Gasteiger partial charge in [0.2, 0.25) is 0 Å². The largest absolute Gasteiger partial charge is 0.573 e. The molecule has 216 valence electrons. The summed E-state index contributed by atoms with van der Waals surface area (Å²) in [5, 5.41) is 10.9. The summed E-state index contributed by atoms with van der Waals surface area (Å²) in [6.45, 7) is 2.04. The summed E-state index contributed by atoms with van der Waals surface area (Å²) in [6.07, 6.45) is -1.81. The number of oxazole rings is 1. The van der Waals surface area contributed by atoms with E-state index in [2.05, 4.69) is 14.7 Å². The van der Waals surface area contributed by atoms with Crippen molar-refractivity contribution in [3.8, 4) is 23.3 Å². The molecule has 0 amide bonds. The van der Waals surface area contributed by atoms with E-state index in [1.807, 2.05) is 4.90 Å². The molecular formula is C26H24F3N5O7. The number of anilines is 1. The van der Waals surface area contributed by atoms with Crippen LogP contribution in [-0.4, -0.2) is 57.7 Å². The summed E-state index contributed by atoms with van der Waals surface area (Å²) >= 11 is 0. The number of alkyl halides is 3. The number of aromatic nitrogens is 3. The first-order chi connectivity index (χ1) is 19.7. The predicted molar refractivity (Wildman–Crippen MR) is 136 cm³/mol. The maximum atomic E-state index is 12.3. The Hall–Kier alpha value is -4.69. The van der Waals surface area contributed by atoms with Gasteiger partial charge in [0.15, 0.2) is 5.58 Å². The predicted octanol–water partition coefficient (Wildman–Crippen LogP) is 5.11. The lowest BCUT2D eigenvalue weighted by molar-refractivity contribution is -0.389.